The van der Waals surface area contributed by atoms with Gasteiger partial charge in [-0.3, -0.25) is 0 Å². The summed E-state index contributed by atoms with van der Waals surface area (Å²) in [6.07, 6.45) is 0. The fourth-order valence-electron chi connectivity index (χ4n) is 2.09. The molecule has 1 aliphatic heterocycles. The van der Waals surface area contributed by atoms with Gasteiger partial charge in [-0.25, -0.2) is 0 Å². The third-order valence-electron chi connectivity index (χ3n) is 3.32. The first-order valence-corrected chi connectivity index (χ1v) is 7.90. The summed E-state index contributed by atoms with van der Waals surface area (Å²) in [6, 6.07) is 0.357. The van der Waals surface area contributed by atoms with E-state index in [4.69, 9.17) is 5.73 Å². The van der Waals surface area contributed by atoms with E-state index in [1.807, 2.05) is 0 Å². The average molecular weight is 287 g/mol. The molecular weight excluding hydrogens is 254 g/mol. The van der Waals surface area contributed by atoms with Gasteiger partial charge in [0.1, 0.15) is 0 Å². The molecular formula is C13H33N7. The van der Waals surface area contributed by atoms with Crippen LogP contribution < -0.4 is 37.6 Å². The predicted molar refractivity (Wildman–Crippen MR) is 85.2 cm³/mol. The predicted octanol–water partition coefficient (Wildman–Crippen LogP) is -3.14. The van der Waals surface area contributed by atoms with E-state index in [1.165, 1.54) is 0 Å². The van der Waals surface area contributed by atoms with Crippen LogP contribution in [-0.4, -0.2) is 84.6 Å². The molecule has 0 spiro atoms. The average Bonchev–Trinajstić information content (AvgIpc) is 2.47. The summed E-state index contributed by atoms with van der Waals surface area (Å²) in [5, 5.41) is 20.6. The van der Waals surface area contributed by atoms with E-state index < -0.39 is 0 Å². The quantitative estimate of drug-likeness (QED) is 0.274. The highest BCUT2D eigenvalue weighted by atomic mass is 15.0. The molecule has 0 aromatic heterocycles. The van der Waals surface area contributed by atoms with Gasteiger partial charge in [-0.05, 0) is 0 Å². The van der Waals surface area contributed by atoms with Crippen LogP contribution in [0, 0.1) is 0 Å². The lowest BCUT2D eigenvalue weighted by Crippen LogP contribution is -2.47. The molecule has 0 saturated carbocycles. The highest BCUT2D eigenvalue weighted by molar-refractivity contribution is 4.71. The Morgan fingerprint density at radius 2 is 1.00 bits per heavy atom. The molecule has 1 atom stereocenters. The van der Waals surface area contributed by atoms with Crippen molar-refractivity contribution in [2.75, 3.05) is 78.5 Å². The Kier molecular flexibility index (Phi) is 12.2. The SMILES string of the molecule is NCC1CNCCNCCNCCNCCNCCN1. The van der Waals surface area contributed by atoms with Gasteiger partial charge in [-0.15, -0.1) is 0 Å². The van der Waals surface area contributed by atoms with E-state index in [0.717, 1.165) is 72.0 Å². The van der Waals surface area contributed by atoms with Crippen molar-refractivity contribution >= 4 is 0 Å². The fraction of sp³-hybridized carbons (Fsp3) is 1.00. The van der Waals surface area contributed by atoms with E-state index >= 15 is 0 Å². The maximum atomic E-state index is 5.77. The smallest absolute Gasteiger partial charge is 0.0315 e. The molecule has 0 aromatic carbocycles. The Balaban J connectivity index is 2.14. The van der Waals surface area contributed by atoms with E-state index in [0.29, 0.717) is 12.6 Å². The minimum atomic E-state index is 0.357. The molecule has 120 valence electrons. The Morgan fingerprint density at radius 3 is 1.45 bits per heavy atom. The van der Waals surface area contributed by atoms with Crippen LogP contribution in [0.4, 0.5) is 0 Å². The Hall–Kier alpha value is -0.280. The van der Waals surface area contributed by atoms with Crippen LogP contribution in [0.2, 0.25) is 0 Å². The standard InChI is InChI=1S/C13H33N7/c14-11-13-12-19-8-7-17-4-3-15-1-2-16-5-6-18-9-10-20-13/h13,15-20H,1-12,14H2. The normalized spacial score (nSPS) is 26.6. The van der Waals surface area contributed by atoms with E-state index in [1.54, 1.807) is 0 Å². The molecule has 7 nitrogen and oxygen atoms in total. The van der Waals surface area contributed by atoms with Gasteiger partial charge in [0, 0.05) is 84.6 Å². The summed E-state index contributed by atoms with van der Waals surface area (Å²) in [6.45, 7) is 11.6. The van der Waals surface area contributed by atoms with Crippen molar-refractivity contribution in [2.45, 2.75) is 6.04 Å². The molecule has 0 amide bonds. The summed E-state index contributed by atoms with van der Waals surface area (Å²) in [4.78, 5) is 0. The number of rotatable bonds is 1. The van der Waals surface area contributed by atoms with Crippen LogP contribution in [0.5, 0.6) is 0 Å². The van der Waals surface area contributed by atoms with Gasteiger partial charge in [0.2, 0.25) is 0 Å². The van der Waals surface area contributed by atoms with Crippen molar-refractivity contribution < 1.29 is 0 Å². The van der Waals surface area contributed by atoms with Gasteiger partial charge in [-0.1, -0.05) is 0 Å². The Bertz CT molecular complexity index is 185. The van der Waals surface area contributed by atoms with E-state index in [-0.39, 0.29) is 0 Å². The van der Waals surface area contributed by atoms with Gasteiger partial charge >= 0.3 is 0 Å². The first kappa shape index (κ1) is 17.8. The van der Waals surface area contributed by atoms with Crippen LogP contribution >= 0.6 is 0 Å². The third-order valence-corrected chi connectivity index (χ3v) is 3.32. The molecule has 0 radical (unpaired) electrons. The van der Waals surface area contributed by atoms with Crippen molar-refractivity contribution in [3.8, 4) is 0 Å². The Labute approximate surface area is 123 Å². The molecule has 1 saturated heterocycles. The summed E-state index contributed by atoms with van der Waals surface area (Å²) in [5.41, 5.74) is 5.77. The first-order chi connectivity index (χ1) is 9.93. The monoisotopic (exact) mass is 287 g/mol. The van der Waals surface area contributed by atoms with E-state index in [2.05, 4.69) is 31.9 Å². The molecule has 1 aliphatic rings. The van der Waals surface area contributed by atoms with Gasteiger partial charge < -0.3 is 37.6 Å². The third kappa shape index (κ3) is 10.5. The maximum absolute atomic E-state index is 5.77. The number of nitrogens with one attached hydrogen (secondary N) is 6. The van der Waals surface area contributed by atoms with Gasteiger partial charge in [0.15, 0.2) is 0 Å². The molecule has 7 heteroatoms. The Morgan fingerprint density at radius 1 is 0.600 bits per heavy atom. The first-order valence-electron chi connectivity index (χ1n) is 7.90. The second-order valence-corrected chi connectivity index (χ2v) is 5.09. The van der Waals surface area contributed by atoms with Crippen molar-refractivity contribution in [3.63, 3.8) is 0 Å². The zero-order valence-corrected chi connectivity index (χ0v) is 12.6. The van der Waals surface area contributed by atoms with Crippen LogP contribution in [0.15, 0.2) is 0 Å². The second-order valence-electron chi connectivity index (χ2n) is 5.09. The van der Waals surface area contributed by atoms with Crippen LogP contribution in [0.25, 0.3) is 0 Å². The summed E-state index contributed by atoms with van der Waals surface area (Å²) < 4.78 is 0. The number of nitrogens with two attached hydrogens (primary N) is 1. The van der Waals surface area contributed by atoms with Crippen molar-refractivity contribution in [1.29, 1.82) is 0 Å². The zero-order chi connectivity index (χ0) is 14.3. The van der Waals surface area contributed by atoms with Crippen LogP contribution in [-0.2, 0) is 0 Å². The number of hydrogen-bond donors (Lipinski definition) is 7. The lowest BCUT2D eigenvalue weighted by molar-refractivity contribution is 0.464. The van der Waals surface area contributed by atoms with Gasteiger partial charge in [-0.2, -0.15) is 0 Å². The largest absolute Gasteiger partial charge is 0.329 e. The molecule has 20 heavy (non-hydrogen) atoms. The van der Waals surface area contributed by atoms with Crippen LogP contribution in [0.3, 0.4) is 0 Å². The lowest BCUT2D eigenvalue weighted by atomic mass is 10.3. The fourth-order valence-corrected chi connectivity index (χ4v) is 2.09. The summed E-state index contributed by atoms with van der Waals surface area (Å²) >= 11 is 0. The molecule has 0 aromatic rings. The maximum Gasteiger partial charge on any atom is 0.0315 e. The summed E-state index contributed by atoms with van der Waals surface area (Å²) in [7, 11) is 0. The molecule has 1 rings (SSSR count). The minimum Gasteiger partial charge on any atom is -0.329 e. The topological polar surface area (TPSA) is 98.2 Å². The molecule has 1 heterocycles. The summed E-state index contributed by atoms with van der Waals surface area (Å²) in [5.74, 6) is 0. The second kappa shape index (κ2) is 13.7. The highest BCUT2D eigenvalue weighted by Crippen LogP contribution is 1.77. The molecule has 8 N–H and O–H groups in total. The molecule has 0 bridgehead atoms. The van der Waals surface area contributed by atoms with Gasteiger partial charge in [0.05, 0.1) is 0 Å². The van der Waals surface area contributed by atoms with Crippen molar-refractivity contribution in [3.05, 3.63) is 0 Å². The minimum absolute atomic E-state index is 0.357. The van der Waals surface area contributed by atoms with Crippen LogP contribution in [0.1, 0.15) is 0 Å². The van der Waals surface area contributed by atoms with Crippen molar-refractivity contribution in [2.24, 2.45) is 5.73 Å². The number of hydrogen-bond acceptors (Lipinski definition) is 7. The van der Waals surface area contributed by atoms with Gasteiger partial charge in [0.25, 0.3) is 0 Å². The lowest BCUT2D eigenvalue weighted by Gasteiger charge is -2.18. The molecule has 0 aliphatic carbocycles. The molecule has 1 unspecified atom stereocenters. The zero-order valence-electron chi connectivity index (χ0n) is 12.6. The van der Waals surface area contributed by atoms with Crippen molar-refractivity contribution in [1.82, 2.24) is 31.9 Å². The molecule has 1 fully saturated rings. The van der Waals surface area contributed by atoms with E-state index in [9.17, 15) is 0 Å². The highest BCUT2D eigenvalue weighted by Gasteiger charge is 2.04.